The van der Waals surface area contributed by atoms with E-state index in [0.29, 0.717) is 0 Å². The summed E-state index contributed by atoms with van der Waals surface area (Å²) in [5, 5.41) is 8.28. The van der Waals surface area contributed by atoms with Crippen molar-refractivity contribution in [1.29, 1.82) is 5.26 Å². The van der Waals surface area contributed by atoms with Crippen molar-refractivity contribution in [2.45, 2.75) is 11.4 Å². The van der Waals surface area contributed by atoms with Gasteiger partial charge < -0.3 is 5.43 Å². The predicted octanol–water partition coefficient (Wildman–Crippen LogP) is -0.0986. The van der Waals surface area contributed by atoms with E-state index in [1.807, 2.05) is 6.07 Å². The van der Waals surface area contributed by atoms with Gasteiger partial charge in [-0.3, -0.25) is 5.84 Å². The number of nitrogens with two attached hydrogens (primary N) is 1. The van der Waals surface area contributed by atoms with Crippen LogP contribution in [0.25, 0.3) is 0 Å². The molecule has 1 rings (SSSR count). The first-order chi connectivity index (χ1) is 8.04. The Hall–Kier alpha value is -1.69. The fourth-order valence-corrected chi connectivity index (χ4v) is 2.41. The van der Waals surface area contributed by atoms with Crippen molar-refractivity contribution in [3.63, 3.8) is 0 Å². The lowest BCUT2D eigenvalue weighted by Crippen LogP contribution is -2.29. The van der Waals surface area contributed by atoms with E-state index in [1.165, 1.54) is 19.3 Å². The average Bonchev–Trinajstić information content (AvgIpc) is 2.35. The van der Waals surface area contributed by atoms with Crippen LogP contribution in [0.5, 0.6) is 0 Å². The Labute approximate surface area is 99.9 Å². The van der Waals surface area contributed by atoms with Crippen LogP contribution in [0.2, 0.25) is 0 Å². The number of hydrogen-bond acceptors (Lipinski definition) is 6. The molecule has 0 aromatic carbocycles. The van der Waals surface area contributed by atoms with Gasteiger partial charge in [-0.1, -0.05) is 0 Å². The maximum atomic E-state index is 12.1. The standard InChI is InChI=1S/C9H13N5O2S/c1-14(7-3-5-10)17(15,16)9-8(13-11)4-2-6-12-9/h2,4,6,13H,3,7,11H2,1H3. The van der Waals surface area contributed by atoms with Gasteiger partial charge >= 0.3 is 0 Å². The van der Waals surface area contributed by atoms with E-state index in [1.54, 1.807) is 6.07 Å². The van der Waals surface area contributed by atoms with E-state index in [4.69, 9.17) is 11.1 Å². The Balaban J connectivity index is 3.09. The molecule has 17 heavy (non-hydrogen) atoms. The van der Waals surface area contributed by atoms with Crippen LogP contribution in [-0.4, -0.2) is 31.3 Å². The molecule has 8 heteroatoms. The molecule has 1 aromatic heterocycles. The summed E-state index contributed by atoms with van der Waals surface area (Å²) < 4.78 is 25.2. The quantitative estimate of drug-likeness (QED) is 0.561. The fourth-order valence-electron chi connectivity index (χ4n) is 1.18. The number of sulfonamides is 1. The monoisotopic (exact) mass is 255 g/mol. The topological polar surface area (TPSA) is 112 Å². The van der Waals surface area contributed by atoms with Crippen molar-refractivity contribution in [2.24, 2.45) is 5.84 Å². The highest BCUT2D eigenvalue weighted by Gasteiger charge is 2.24. The van der Waals surface area contributed by atoms with Gasteiger partial charge in [0.25, 0.3) is 10.0 Å². The van der Waals surface area contributed by atoms with Crippen LogP contribution in [0.3, 0.4) is 0 Å². The summed E-state index contributed by atoms with van der Waals surface area (Å²) in [4.78, 5) is 3.80. The number of anilines is 1. The Kier molecular flexibility index (Phi) is 4.39. The Morgan fingerprint density at radius 1 is 1.65 bits per heavy atom. The van der Waals surface area contributed by atoms with Gasteiger partial charge in [0.05, 0.1) is 11.8 Å². The number of nitrogen functional groups attached to an aromatic ring is 1. The van der Waals surface area contributed by atoms with Crippen molar-refractivity contribution < 1.29 is 8.42 Å². The number of nitrogens with zero attached hydrogens (tertiary/aromatic N) is 3. The molecule has 0 bridgehead atoms. The van der Waals surface area contributed by atoms with Gasteiger partial charge in [0, 0.05) is 26.2 Å². The number of nitriles is 1. The minimum absolute atomic E-state index is 0.111. The maximum Gasteiger partial charge on any atom is 0.262 e. The molecule has 0 spiro atoms. The highest BCUT2D eigenvalue weighted by atomic mass is 32.2. The van der Waals surface area contributed by atoms with Crippen LogP contribution < -0.4 is 11.3 Å². The Bertz CT molecular complexity index is 522. The number of hydrogen-bond donors (Lipinski definition) is 2. The minimum atomic E-state index is -3.73. The molecule has 0 amide bonds. The third-order valence-corrected chi connectivity index (χ3v) is 3.94. The number of hydrazine groups is 1. The largest absolute Gasteiger partial charge is 0.321 e. The molecule has 0 atom stereocenters. The van der Waals surface area contributed by atoms with E-state index in [0.717, 1.165) is 4.31 Å². The zero-order valence-corrected chi connectivity index (χ0v) is 10.1. The number of rotatable bonds is 5. The summed E-state index contributed by atoms with van der Waals surface area (Å²) in [5.74, 6) is 5.22. The third-order valence-electron chi connectivity index (χ3n) is 2.12. The fraction of sp³-hybridized carbons (Fsp3) is 0.333. The predicted molar refractivity (Wildman–Crippen MR) is 62.1 cm³/mol. The lowest BCUT2D eigenvalue weighted by molar-refractivity contribution is 0.474. The van der Waals surface area contributed by atoms with Gasteiger partial charge in [-0.15, -0.1) is 0 Å². The molecule has 1 heterocycles. The number of aromatic nitrogens is 1. The van der Waals surface area contributed by atoms with E-state index in [9.17, 15) is 8.42 Å². The molecule has 3 N–H and O–H groups in total. The van der Waals surface area contributed by atoms with Crippen molar-refractivity contribution in [2.75, 3.05) is 19.0 Å². The van der Waals surface area contributed by atoms with Crippen LogP contribution in [0, 0.1) is 11.3 Å². The first kappa shape index (κ1) is 13.4. The van der Waals surface area contributed by atoms with E-state index in [2.05, 4.69) is 10.4 Å². The van der Waals surface area contributed by atoms with Crippen molar-refractivity contribution >= 4 is 15.7 Å². The zero-order chi connectivity index (χ0) is 12.9. The van der Waals surface area contributed by atoms with E-state index in [-0.39, 0.29) is 23.7 Å². The third kappa shape index (κ3) is 2.91. The second-order valence-corrected chi connectivity index (χ2v) is 5.20. The van der Waals surface area contributed by atoms with Crippen LogP contribution in [-0.2, 0) is 10.0 Å². The van der Waals surface area contributed by atoms with Crippen molar-refractivity contribution in [3.05, 3.63) is 18.3 Å². The Morgan fingerprint density at radius 3 is 2.94 bits per heavy atom. The lowest BCUT2D eigenvalue weighted by Gasteiger charge is -2.16. The van der Waals surface area contributed by atoms with Crippen molar-refractivity contribution in [3.8, 4) is 6.07 Å². The van der Waals surface area contributed by atoms with Crippen LogP contribution in [0.15, 0.2) is 23.4 Å². The summed E-state index contributed by atoms with van der Waals surface area (Å²) in [6.45, 7) is 0.111. The SMILES string of the molecule is CN(CCC#N)S(=O)(=O)c1ncccc1NN. The molecule has 0 saturated heterocycles. The highest BCUT2D eigenvalue weighted by molar-refractivity contribution is 7.89. The molecule has 0 fully saturated rings. The summed E-state index contributed by atoms with van der Waals surface area (Å²) in [5.41, 5.74) is 2.50. The van der Waals surface area contributed by atoms with Gasteiger partial charge in [-0.05, 0) is 12.1 Å². The first-order valence-electron chi connectivity index (χ1n) is 4.79. The first-order valence-corrected chi connectivity index (χ1v) is 6.23. The van der Waals surface area contributed by atoms with Gasteiger partial charge in [-0.25, -0.2) is 13.4 Å². The molecule has 0 aliphatic carbocycles. The maximum absolute atomic E-state index is 12.1. The van der Waals surface area contributed by atoms with E-state index < -0.39 is 10.0 Å². The normalized spacial score (nSPS) is 11.2. The van der Waals surface area contributed by atoms with Gasteiger partial charge in [-0.2, -0.15) is 9.57 Å². The molecule has 0 aliphatic heterocycles. The number of nitrogens with one attached hydrogen (secondary N) is 1. The molecule has 0 radical (unpaired) electrons. The second-order valence-electron chi connectivity index (χ2n) is 3.24. The summed E-state index contributed by atoms with van der Waals surface area (Å²) in [6.07, 6.45) is 1.49. The summed E-state index contributed by atoms with van der Waals surface area (Å²) in [6, 6.07) is 4.97. The van der Waals surface area contributed by atoms with Crippen molar-refractivity contribution in [1.82, 2.24) is 9.29 Å². The smallest absolute Gasteiger partial charge is 0.262 e. The summed E-state index contributed by atoms with van der Waals surface area (Å²) in [7, 11) is -2.33. The molecule has 0 saturated carbocycles. The molecule has 0 aliphatic rings. The summed E-state index contributed by atoms with van der Waals surface area (Å²) >= 11 is 0. The van der Waals surface area contributed by atoms with Crippen LogP contribution in [0.4, 0.5) is 5.69 Å². The molecular formula is C9H13N5O2S. The average molecular weight is 255 g/mol. The molecule has 1 aromatic rings. The number of pyridine rings is 1. The second kappa shape index (κ2) is 5.58. The van der Waals surface area contributed by atoms with Gasteiger partial charge in [0.15, 0.2) is 5.03 Å². The van der Waals surface area contributed by atoms with Crippen LogP contribution in [0.1, 0.15) is 6.42 Å². The molecule has 0 unspecified atom stereocenters. The molecular weight excluding hydrogens is 242 g/mol. The van der Waals surface area contributed by atoms with Gasteiger partial charge in [0.2, 0.25) is 0 Å². The van der Waals surface area contributed by atoms with Crippen LogP contribution >= 0.6 is 0 Å². The Morgan fingerprint density at radius 2 is 2.35 bits per heavy atom. The zero-order valence-electron chi connectivity index (χ0n) is 9.29. The van der Waals surface area contributed by atoms with E-state index >= 15 is 0 Å². The molecule has 7 nitrogen and oxygen atoms in total. The van der Waals surface area contributed by atoms with Gasteiger partial charge in [0.1, 0.15) is 0 Å². The molecule has 92 valence electrons. The lowest BCUT2D eigenvalue weighted by atomic mass is 10.4. The highest BCUT2D eigenvalue weighted by Crippen LogP contribution is 2.20. The minimum Gasteiger partial charge on any atom is -0.321 e.